The maximum Gasteiger partial charge on any atom is 0.271 e. The first kappa shape index (κ1) is 15.3. The van der Waals surface area contributed by atoms with E-state index in [1.165, 1.54) is 12.8 Å². The van der Waals surface area contributed by atoms with E-state index in [9.17, 15) is 4.79 Å². The van der Waals surface area contributed by atoms with Crippen LogP contribution < -0.4 is 5.32 Å². The van der Waals surface area contributed by atoms with Gasteiger partial charge in [-0.25, -0.2) is 4.98 Å². The Bertz CT molecular complexity index is 718. The molecule has 128 valence electrons. The Balaban J connectivity index is 1.39. The Kier molecular flexibility index (Phi) is 4.05. The molecule has 4 rings (SSSR count). The first-order chi connectivity index (χ1) is 11.7. The summed E-state index contributed by atoms with van der Waals surface area (Å²) in [6.07, 6.45) is 6.53. The molecule has 2 N–H and O–H groups in total. The largest absolute Gasteiger partial charge is 0.354 e. The molecule has 8 nitrogen and oxygen atoms in total. The second kappa shape index (κ2) is 6.35. The van der Waals surface area contributed by atoms with Gasteiger partial charge in [0.1, 0.15) is 11.5 Å². The average molecular weight is 329 g/mol. The third kappa shape index (κ3) is 3.19. The quantitative estimate of drug-likeness (QED) is 0.856. The first-order valence-electron chi connectivity index (χ1n) is 8.63. The van der Waals surface area contributed by atoms with E-state index < -0.39 is 0 Å². The number of amides is 1. The minimum Gasteiger partial charge on any atom is -0.354 e. The Morgan fingerprint density at radius 2 is 2.29 bits per heavy atom. The highest BCUT2D eigenvalue weighted by atomic mass is 16.1. The Hall–Kier alpha value is -2.22. The van der Waals surface area contributed by atoms with Crippen LogP contribution >= 0.6 is 0 Å². The van der Waals surface area contributed by atoms with Crippen LogP contribution in [-0.2, 0) is 6.54 Å². The predicted molar refractivity (Wildman–Crippen MR) is 87.5 cm³/mol. The number of carbonyl (C=O) groups is 1. The Labute approximate surface area is 140 Å². The summed E-state index contributed by atoms with van der Waals surface area (Å²) in [7, 11) is 1.62. The summed E-state index contributed by atoms with van der Waals surface area (Å²) < 4.78 is 1.92. The molecule has 2 fully saturated rings. The van der Waals surface area contributed by atoms with Crippen LogP contribution in [-0.4, -0.2) is 55.9 Å². The normalized spacial score (nSPS) is 21.8. The SMILES string of the molecule is CNC(=O)c1ccn([C@@H]2CCCN(Cc3nc(C4CC4)n[nH]3)C2)n1. The summed E-state index contributed by atoms with van der Waals surface area (Å²) in [5, 5.41) is 14.4. The molecule has 2 aromatic heterocycles. The molecule has 24 heavy (non-hydrogen) atoms. The number of nitrogens with zero attached hydrogens (tertiary/aromatic N) is 5. The van der Waals surface area contributed by atoms with Gasteiger partial charge in [0.2, 0.25) is 0 Å². The highest BCUT2D eigenvalue weighted by Crippen LogP contribution is 2.37. The average Bonchev–Trinajstić information content (AvgIpc) is 3.15. The highest BCUT2D eigenvalue weighted by molar-refractivity contribution is 5.91. The van der Waals surface area contributed by atoms with Crippen LogP contribution in [0, 0.1) is 0 Å². The molecule has 0 bridgehead atoms. The van der Waals surface area contributed by atoms with Gasteiger partial charge < -0.3 is 5.32 Å². The van der Waals surface area contributed by atoms with Gasteiger partial charge in [-0.05, 0) is 38.3 Å². The van der Waals surface area contributed by atoms with Gasteiger partial charge in [0.25, 0.3) is 5.91 Å². The van der Waals surface area contributed by atoms with Gasteiger partial charge in [-0.2, -0.15) is 10.2 Å². The molecular weight excluding hydrogens is 306 g/mol. The number of piperidine rings is 1. The molecule has 8 heteroatoms. The van der Waals surface area contributed by atoms with Gasteiger partial charge in [-0.3, -0.25) is 19.5 Å². The molecule has 1 saturated heterocycles. The fourth-order valence-electron chi connectivity index (χ4n) is 3.30. The van der Waals surface area contributed by atoms with Crippen LogP contribution in [0.3, 0.4) is 0 Å². The van der Waals surface area contributed by atoms with Gasteiger partial charge in [0.05, 0.1) is 12.6 Å². The van der Waals surface area contributed by atoms with Crippen molar-refractivity contribution < 1.29 is 4.79 Å². The third-order valence-electron chi connectivity index (χ3n) is 4.79. The van der Waals surface area contributed by atoms with E-state index >= 15 is 0 Å². The monoisotopic (exact) mass is 329 g/mol. The maximum absolute atomic E-state index is 11.7. The summed E-state index contributed by atoms with van der Waals surface area (Å²) >= 11 is 0. The molecule has 0 unspecified atom stereocenters. The molecule has 2 aromatic rings. The first-order valence-corrected chi connectivity index (χ1v) is 8.63. The second-order valence-electron chi connectivity index (χ2n) is 6.71. The standard InChI is InChI=1S/C16H23N7O/c1-17-16(24)13-6-8-23(21-13)12-3-2-7-22(9-12)10-14-18-15(20-19-14)11-4-5-11/h6,8,11-12H,2-5,7,9-10H2,1H3,(H,17,24)(H,18,19,20)/t12-/m1/s1. The molecule has 1 saturated carbocycles. The number of likely N-dealkylation sites (tertiary alicyclic amines) is 1. The van der Waals surface area contributed by atoms with E-state index in [4.69, 9.17) is 0 Å². The van der Waals surface area contributed by atoms with Gasteiger partial charge in [-0.1, -0.05) is 0 Å². The molecule has 0 radical (unpaired) electrons. The molecule has 0 spiro atoms. The molecule has 0 aromatic carbocycles. The fourth-order valence-corrected chi connectivity index (χ4v) is 3.30. The summed E-state index contributed by atoms with van der Waals surface area (Å²) in [5.74, 6) is 2.36. The van der Waals surface area contributed by atoms with E-state index in [-0.39, 0.29) is 5.91 Å². The topological polar surface area (TPSA) is 91.7 Å². The number of hydrogen-bond donors (Lipinski definition) is 2. The van der Waals surface area contributed by atoms with E-state index in [2.05, 4.69) is 30.5 Å². The highest BCUT2D eigenvalue weighted by Gasteiger charge is 2.28. The van der Waals surface area contributed by atoms with Crippen LogP contribution in [0.2, 0.25) is 0 Å². The van der Waals surface area contributed by atoms with Gasteiger partial charge >= 0.3 is 0 Å². The lowest BCUT2D eigenvalue weighted by Crippen LogP contribution is -2.36. The van der Waals surface area contributed by atoms with Crippen LogP contribution in [0.25, 0.3) is 0 Å². The zero-order valence-corrected chi connectivity index (χ0v) is 13.9. The number of H-pyrrole nitrogens is 1. The van der Waals surface area contributed by atoms with Crippen molar-refractivity contribution in [2.45, 2.75) is 44.2 Å². The van der Waals surface area contributed by atoms with Gasteiger partial charge in [0.15, 0.2) is 5.82 Å². The lowest BCUT2D eigenvalue weighted by Gasteiger charge is -2.32. The number of hydrogen-bond acceptors (Lipinski definition) is 5. The lowest BCUT2D eigenvalue weighted by molar-refractivity contribution is 0.0955. The van der Waals surface area contributed by atoms with Crippen LogP contribution in [0.15, 0.2) is 12.3 Å². The number of carbonyl (C=O) groups excluding carboxylic acids is 1. The van der Waals surface area contributed by atoms with Crippen molar-refractivity contribution in [2.24, 2.45) is 0 Å². The minimum absolute atomic E-state index is 0.143. The number of aromatic nitrogens is 5. The van der Waals surface area contributed by atoms with E-state index in [0.29, 0.717) is 17.7 Å². The van der Waals surface area contributed by atoms with Crippen molar-refractivity contribution >= 4 is 5.91 Å². The number of aromatic amines is 1. The van der Waals surface area contributed by atoms with Crippen LogP contribution in [0.4, 0.5) is 0 Å². The maximum atomic E-state index is 11.7. The molecular formula is C16H23N7O. The lowest BCUT2D eigenvalue weighted by atomic mass is 10.1. The number of rotatable bonds is 5. The Morgan fingerprint density at radius 1 is 1.42 bits per heavy atom. The van der Waals surface area contributed by atoms with Crippen LogP contribution in [0.5, 0.6) is 0 Å². The summed E-state index contributed by atoms with van der Waals surface area (Å²) in [6, 6.07) is 2.07. The van der Waals surface area contributed by atoms with E-state index in [1.54, 1.807) is 13.1 Å². The summed E-state index contributed by atoms with van der Waals surface area (Å²) in [6.45, 7) is 2.76. The van der Waals surface area contributed by atoms with E-state index in [0.717, 1.165) is 44.1 Å². The van der Waals surface area contributed by atoms with Crippen molar-refractivity contribution in [3.05, 3.63) is 29.6 Å². The third-order valence-corrected chi connectivity index (χ3v) is 4.79. The molecule has 2 aliphatic rings. The molecule has 1 aliphatic heterocycles. The van der Waals surface area contributed by atoms with E-state index in [1.807, 2.05) is 10.9 Å². The van der Waals surface area contributed by atoms with Crippen molar-refractivity contribution in [3.63, 3.8) is 0 Å². The summed E-state index contributed by atoms with van der Waals surface area (Å²) in [5.41, 5.74) is 0.471. The van der Waals surface area contributed by atoms with Crippen molar-refractivity contribution in [3.8, 4) is 0 Å². The minimum atomic E-state index is -0.143. The second-order valence-corrected chi connectivity index (χ2v) is 6.71. The van der Waals surface area contributed by atoms with Crippen molar-refractivity contribution in [2.75, 3.05) is 20.1 Å². The zero-order valence-electron chi connectivity index (χ0n) is 13.9. The smallest absolute Gasteiger partial charge is 0.271 e. The molecule has 1 atom stereocenters. The molecule has 1 amide bonds. The van der Waals surface area contributed by atoms with Crippen molar-refractivity contribution in [1.82, 2.24) is 35.2 Å². The number of nitrogens with one attached hydrogen (secondary N) is 2. The van der Waals surface area contributed by atoms with Crippen molar-refractivity contribution in [1.29, 1.82) is 0 Å². The molecule has 1 aliphatic carbocycles. The zero-order chi connectivity index (χ0) is 16.5. The molecule has 3 heterocycles. The van der Waals surface area contributed by atoms with Crippen LogP contribution in [0.1, 0.15) is 59.8 Å². The summed E-state index contributed by atoms with van der Waals surface area (Å²) in [4.78, 5) is 18.7. The fraction of sp³-hybridized carbons (Fsp3) is 0.625. The Morgan fingerprint density at radius 3 is 3.08 bits per heavy atom. The predicted octanol–water partition coefficient (Wildman–Crippen LogP) is 1.08. The van der Waals surface area contributed by atoms with Gasteiger partial charge in [-0.15, -0.1) is 0 Å². The van der Waals surface area contributed by atoms with Gasteiger partial charge in [0, 0.05) is 25.7 Å².